The SMILES string of the molecule is CCCCN(C)CCc1ccccn1. The molecule has 1 rings (SSSR count). The van der Waals surface area contributed by atoms with Crippen LogP contribution in [0.3, 0.4) is 0 Å². The summed E-state index contributed by atoms with van der Waals surface area (Å²) in [6.07, 6.45) is 5.48. The summed E-state index contributed by atoms with van der Waals surface area (Å²) in [5.41, 5.74) is 1.19. The second kappa shape index (κ2) is 6.55. The molecule has 0 fully saturated rings. The Morgan fingerprint density at radius 2 is 2.14 bits per heavy atom. The van der Waals surface area contributed by atoms with Crippen LogP contribution in [0.25, 0.3) is 0 Å². The van der Waals surface area contributed by atoms with Crippen LogP contribution in [0.4, 0.5) is 0 Å². The third kappa shape index (κ3) is 4.38. The molecular weight excluding hydrogens is 172 g/mol. The highest BCUT2D eigenvalue weighted by molar-refractivity contribution is 5.03. The van der Waals surface area contributed by atoms with Gasteiger partial charge in [0, 0.05) is 24.9 Å². The standard InChI is InChI=1S/C12H20N2/c1-3-4-10-14(2)11-8-12-7-5-6-9-13-12/h5-7,9H,3-4,8,10-11H2,1-2H3. The largest absolute Gasteiger partial charge is 0.306 e. The molecule has 0 spiro atoms. The van der Waals surface area contributed by atoms with Crippen LogP contribution >= 0.6 is 0 Å². The normalized spacial score (nSPS) is 10.8. The number of hydrogen-bond donors (Lipinski definition) is 0. The average Bonchev–Trinajstić information content (AvgIpc) is 2.25. The molecule has 1 aromatic rings. The van der Waals surface area contributed by atoms with Gasteiger partial charge >= 0.3 is 0 Å². The minimum Gasteiger partial charge on any atom is -0.306 e. The zero-order valence-corrected chi connectivity index (χ0v) is 9.24. The molecule has 0 saturated carbocycles. The number of pyridine rings is 1. The number of likely N-dealkylation sites (N-methyl/N-ethyl adjacent to an activating group) is 1. The van der Waals surface area contributed by atoms with E-state index in [-0.39, 0.29) is 0 Å². The first-order valence-electron chi connectivity index (χ1n) is 5.41. The number of hydrogen-bond acceptors (Lipinski definition) is 2. The van der Waals surface area contributed by atoms with Gasteiger partial charge in [0.2, 0.25) is 0 Å². The molecular formula is C12H20N2. The summed E-state index contributed by atoms with van der Waals surface area (Å²) in [6, 6.07) is 6.10. The summed E-state index contributed by atoms with van der Waals surface area (Å²) in [4.78, 5) is 6.68. The lowest BCUT2D eigenvalue weighted by Gasteiger charge is -2.15. The zero-order valence-electron chi connectivity index (χ0n) is 9.24. The van der Waals surface area contributed by atoms with E-state index in [0.717, 1.165) is 13.0 Å². The predicted octanol–water partition coefficient (Wildman–Crippen LogP) is 2.36. The van der Waals surface area contributed by atoms with Crippen LogP contribution in [0.15, 0.2) is 24.4 Å². The highest BCUT2D eigenvalue weighted by Gasteiger charge is 1.98. The molecule has 14 heavy (non-hydrogen) atoms. The highest BCUT2D eigenvalue weighted by atomic mass is 15.1. The van der Waals surface area contributed by atoms with E-state index in [1.54, 1.807) is 0 Å². The van der Waals surface area contributed by atoms with Crippen molar-refractivity contribution in [1.82, 2.24) is 9.88 Å². The molecule has 0 aliphatic rings. The van der Waals surface area contributed by atoms with Crippen LogP contribution in [0.5, 0.6) is 0 Å². The van der Waals surface area contributed by atoms with Crippen LogP contribution in [0.2, 0.25) is 0 Å². The minimum absolute atomic E-state index is 1.06. The van der Waals surface area contributed by atoms with Crippen LogP contribution in [-0.4, -0.2) is 30.0 Å². The van der Waals surface area contributed by atoms with Crippen LogP contribution in [-0.2, 0) is 6.42 Å². The van der Waals surface area contributed by atoms with Crippen molar-refractivity contribution in [2.45, 2.75) is 26.2 Å². The highest BCUT2D eigenvalue weighted by Crippen LogP contribution is 1.97. The van der Waals surface area contributed by atoms with Gasteiger partial charge in [-0.2, -0.15) is 0 Å². The second-order valence-electron chi connectivity index (χ2n) is 3.73. The molecule has 0 unspecified atom stereocenters. The van der Waals surface area contributed by atoms with Gasteiger partial charge in [-0.25, -0.2) is 0 Å². The van der Waals surface area contributed by atoms with E-state index in [9.17, 15) is 0 Å². The molecule has 0 saturated heterocycles. The van der Waals surface area contributed by atoms with Crippen molar-refractivity contribution in [3.05, 3.63) is 30.1 Å². The van der Waals surface area contributed by atoms with Gasteiger partial charge in [-0.3, -0.25) is 4.98 Å². The van der Waals surface area contributed by atoms with Gasteiger partial charge in [-0.05, 0) is 32.1 Å². The number of nitrogens with zero attached hydrogens (tertiary/aromatic N) is 2. The van der Waals surface area contributed by atoms with Crippen molar-refractivity contribution in [1.29, 1.82) is 0 Å². The Bertz CT molecular complexity index is 233. The van der Waals surface area contributed by atoms with Crippen molar-refractivity contribution >= 4 is 0 Å². The topological polar surface area (TPSA) is 16.1 Å². The fourth-order valence-electron chi connectivity index (χ4n) is 1.39. The summed E-state index contributed by atoms with van der Waals surface area (Å²) in [5, 5.41) is 0. The third-order valence-corrected chi connectivity index (χ3v) is 2.37. The fourth-order valence-corrected chi connectivity index (χ4v) is 1.39. The van der Waals surface area contributed by atoms with Crippen molar-refractivity contribution in [3.63, 3.8) is 0 Å². The van der Waals surface area contributed by atoms with Gasteiger partial charge in [-0.15, -0.1) is 0 Å². The first-order chi connectivity index (χ1) is 6.83. The zero-order chi connectivity index (χ0) is 10.2. The Balaban J connectivity index is 2.20. The number of aromatic nitrogens is 1. The molecule has 0 radical (unpaired) electrons. The van der Waals surface area contributed by atoms with E-state index in [4.69, 9.17) is 0 Å². The van der Waals surface area contributed by atoms with Crippen molar-refractivity contribution in [3.8, 4) is 0 Å². The first kappa shape index (κ1) is 11.2. The Labute approximate surface area is 87.0 Å². The van der Waals surface area contributed by atoms with Gasteiger partial charge < -0.3 is 4.90 Å². The van der Waals surface area contributed by atoms with Gasteiger partial charge in [-0.1, -0.05) is 19.4 Å². The van der Waals surface area contributed by atoms with E-state index >= 15 is 0 Å². The predicted molar refractivity (Wildman–Crippen MR) is 60.3 cm³/mol. The van der Waals surface area contributed by atoms with E-state index in [1.807, 2.05) is 18.3 Å². The summed E-state index contributed by atoms with van der Waals surface area (Å²) in [7, 11) is 2.18. The summed E-state index contributed by atoms with van der Waals surface area (Å²) < 4.78 is 0. The van der Waals surface area contributed by atoms with Crippen molar-refractivity contribution in [2.24, 2.45) is 0 Å². The molecule has 0 aromatic carbocycles. The van der Waals surface area contributed by atoms with E-state index in [2.05, 4.69) is 29.9 Å². The second-order valence-corrected chi connectivity index (χ2v) is 3.73. The lowest BCUT2D eigenvalue weighted by molar-refractivity contribution is 0.331. The number of rotatable bonds is 6. The van der Waals surface area contributed by atoms with Gasteiger partial charge in [0.25, 0.3) is 0 Å². The maximum atomic E-state index is 4.30. The van der Waals surface area contributed by atoms with Gasteiger partial charge in [0.15, 0.2) is 0 Å². The Morgan fingerprint density at radius 1 is 1.29 bits per heavy atom. The fraction of sp³-hybridized carbons (Fsp3) is 0.583. The maximum Gasteiger partial charge on any atom is 0.0416 e. The molecule has 78 valence electrons. The van der Waals surface area contributed by atoms with Crippen molar-refractivity contribution < 1.29 is 0 Å². The average molecular weight is 192 g/mol. The molecule has 0 atom stereocenters. The summed E-state index contributed by atoms with van der Waals surface area (Å²) in [6.45, 7) is 4.53. The summed E-state index contributed by atoms with van der Waals surface area (Å²) >= 11 is 0. The maximum absolute atomic E-state index is 4.30. The lowest BCUT2D eigenvalue weighted by atomic mass is 10.2. The molecule has 0 aliphatic carbocycles. The molecule has 2 heteroatoms. The molecule has 0 bridgehead atoms. The Morgan fingerprint density at radius 3 is 2.79 bits per heavy atom. The third-order valence-electron chi connectivity index (χ3n) is 2.37. The number of unbranched alkanes of at least 4 members (excludes halogenated alkanes) is 1. The monoisotopic (exact) mass is 192 g/mol. The summed E-state index contributed by atoms with van der Waals surface area (Å²) in [5.74, 6) is 0. The minimum atomic E-state index is 1.06. The van der Waals surface area contributed by atoms with E-state index < -0.39 is 0 Å². The Hall–Kier alpha value is -0.890. The van der Waals surface area contributed by atoms with Gasteiger partial charge in [0.05, 0.1) is 0 Å². The molecule has 1 aromatic heterocycles. The quantitative estimate of drug-likeness (QED) is 0.688. The van der Waals surface area contributed by atoms with Crippen LogP contribution in [0, 0.1) is 0 Å². The lowest BCUT2D eigenvalue weighted by Crippen LogP contribution is -2.22. The van der Waals surface area contributed by atoms with Gasteiger partial charge in [0.1, 0.15) is 0 Å². The van der Waals surface area contributed by atoms with Crippen molar-refractivity contribution in [2.75, 3.05) is 20.1 Å². The van der Waals surface area contributed by atoms with Crippen LogP contribution < -0.4 is 0 Å². The van der Waals surface area contributed by atoms with E-state index in [0.29, 0.717) is 0 Å². The molecule has 0 amide bonds. The van der Waals surface area contributed by atoms with Crippen LogP contribution in [0.1, 0.15) is 25.5 Å². The molecule has 0 N–H and O–H groups in total. The molecule has 0 aliphatic heterocycles. The first-order valence-corrected chi connectivity index (χ1v) is 5.41. The van der Waals surface area contributed by atoms with E-state index in [1.165, 1.54) is 25.1 Å². The Kier molecular flexibility index (Phi) is 5.23. The molecule has 2 nitrogen and oxygen atoms in total. The smallest absolute Gasteiger partial charge is 0.0416 e. The molecule has 1 heterocycles.